The molecule has 1 aromatic rings. The summed E-state index contributed by atoms with van der Waals surface area (Å²) in [5.74, 6) is -0.529. The lowest BCUT2D eigenvalue weighted by molar-refractivity contribution is -0.137. The molecule has 0 N–H and O–H groups in total. The Hall–Kier alpha value is -1.84. The monoisotopic (exact) mass is 250 g/mol. The van der Waals surface area contributed by atoms with Gasteiger partial charge in [-0.15, -0.1) is 0 Å². The fourth-order valence-corrected chi connectivity index (χ4v) is 1.64. The van der Waals surface area contributed by atoms with Crippen molar-refractivity contribution in [3.63, 3.8) is 0 Å². The van der Waals surface area contributed by atoms with Crippen molar-refractivity contribution in [3.8, 4) is 5.75 Å². The number of rotatable bonds is 5. The van der Waals surface area contributed by atoms with Crippen LogP contribution in [0.3, 0.4) is 0 Å². The minimum Gasteiger partial charge on any atom is -0.496 e. The van der Waals surface area contributed by atoms with E-state index in [2.05, 4.69) is 0 Å². The molecule has 1 aromatic carbocycles. The van der Waals surface area contributed by atoms with Crippen molar-refractivity contribution in [1.82, 2.24) is 0 Å². The van der Waals surface area contributed by atoms with E-state index in [-0.39, 0.29) is 12.5 Å². The first-order chi connectivity index (χ1) is 8.51. The number of hydrogen-bond acceptors (Lipinski definition) is 4. The standard InChI is InChI=1S/C14H18O4/c1-5-18-14(16)13(15)10-6-7-12(17-4)11(8-10)9(2)3/h6-9H,5H2,1-4H3. The molecule has 0 aliphatic heterocycles. The zero-order valence-corrected chi connectivity index (χ0v) is 11.1. The van der Waals surface area contributed by atoms with Crippen LogP contribution in [0.5, 0.6) is 5.75 Å². The first-order valence-corrected chi connectivity index (χ1v) is 5.90. The predicted molar refractivity (Wildman–Crippen MR) is 68.0 cm³/mol. The van der Waals surface area contributed by atoms with Gasteiger partial charge in [0.1, 0.15) is 5.75 Å². The van der Waals surface area contributed by atoms with E-state index in [9.17, 15) is 9.59 Å². The van der Waals surface area contributed by atoms with E-state index in [1.165, 1.54) is 0 Å². The van der Waals surface area contributed by atoms with Crippen LogP contribution in [0.15, 0.2) is 18.2 Å². The Bertz CT molecular complexity index is 449. The molecule has 0 spiro atoms. The van der Waals surface area contributed by atoms with Gasteiger partial charge in [0.2, 0.25) is 0 Å². The van der Waals surface area contributed by atoms with Crippen LogP contribution in [-0.2, 0) is 9.53 Å². The number of esters is 1. The molecule has 0 aliphatic carbocycles. The summed E-state index contributed by atoms with van der Waals surface area (Å²) in [6.45, 7) is 5.85. The number of ether oxygens (including phenoxy) is 2. The van der Waals surface area contributed by atoms with Crippen LogP contribution in [-0.4, -0.2) is 25.5 Å². The van der Waals surface area contributed by atoms with Crippen LogP contribution >= 0.6 is 0 Å². The number of methoxy groups -OCH3 is 1. The molecule has 0 saturated heterocycles. The molecule has 98 valence electrons. The van der Waals surface area contributed by atoms with Crippen molar-refractivity contribution >= 4 is 11.8 Å². The predicted octanol–water partition coefficient (Wildman–Crippen LogP) is 2.56. The topological polar surface area (TPSA) is 52.6 Å². The van der Waals surface area contributed by atoms with Gasteiger partial charge in [-0.25, -0.2) is 4.79 Å². The van der Waals surface area contributed by atoms with E-state index in [1.807, 2.05) is 13.8 Å². The third-order valence-corrected chi connectivity index (χ3v) is 2.57. The summed E-state index contributed by atoms with van der Waals surface area (Å²) in [7, 11) is 1.58. The van der Waals surface area contributed by atoms with Gasteiger partial charge >= 0.3 is 5.97 Å². The van der Waals surface area contributed by atoms with Crippen LogP contribution in [0, 0.1) is 0 Å². The van der Waals surface area contributed by atoms with Gasteiger partial charge in [-0.3, -0.25) is 4.79 Å². The smallest absolute Gasteiger partial charge is 0.379 e. The summed E-state index contributed by atoms with van der Waals surface area (Å²) < 4.78 is 9.92. The first-order valence-electron chi connectivity index (χ1n) is 5.90. The molecule has 0 aromatic heterocycles. The minimum absolute atomic E-state index is 0.192. The van der Waals surface area contributed by atoms with Crippen LogP contribution in [0.4, 0.5) is 0 Å². The van der Waals surface area contributed by atoms with Gasteiger partial charge in [0.15, 0.2) is 0 Å². The minimum atomic E-state index is -0.822. The van der Waals surface area contributed by atoms with Crippen molar-refractivity contribution in [2.45, 2.75) is 26.7 Å². The van der Waals surface area contributed by atoms with Gasteiger partial charge in [0.05, 0.1) is 13.7 Å². The molecule has 0 atom stereocenters. The Labute approximate surface area is 107 Å². The van der Waals surface area contributed by atoms with Crippen molar-refractivity contribution in [1.29, 1.82) is 0 Å². The van der Waals surface area contributed by atoms with Crippen molar-refractivity contribution in [2.24, 2.45) is 0 Å². The number of carbonyl (C=O) groups is 2. The maximum Gasteiger partial charge on any atom is 0.379 e. The second-order valence-corrected chi connectivity index (χ2v) is 4.16. The van der Waals surface area contributed by atoms with E-state index in [0.29, 0.717) is 11.3 Å². The fourth-order valence-electron chi connectivity index (χ4n) is 1.64. The van der Waals surface area contributed by atoms with Crippen LogP contribution in [0.25, 0.3) is 0 Å². The van der Waals surface area contributed by atoms with E-state index in [0.717, 1.165) is 5.56 Å². The molecule has 0 bridgehead atoms. The van der Waals surface area contributed by atoms with Crippen LogP contribution < -0.4 is 4.74 Å². The van der Waals surface area contributed by atoms with Crippen molar-refractivity contribution in [3.05, 3.63) is 29.3 Å². The molecule has 0 amide bonds. The molecular weight excluding hydrogens is 232 g/mol. The third-order valence-electron chi connectivity index (χ3n) is 2.57. The zero-order valence-electron chi connectivity index (χ0n) is 11.1. The highest BCUT2D eigenvalue weighted by Crippen LogP contribution is 2.27. The van der Waals surface area contributed by atoms with Gasteiger partial charge < -0.3 is 9.47 Å². The molecule has 0 aliphatic rings. The Morgan fingerprint density at radius 2 is 1.94 bits per heavy atom. The Morgan fingerprint density at radius 3 is 2.44 bits per heavy atom. The fraction of sp³-hybridized carbons (Fsp3) is 0.429. The highest BCUT2D eigenvalue weighted by molar-refractivity contribution is 6.40. The summed E-state index contributed by atoms with van der Waals surface area (Å²) in [4.78, 5) is 23.2. The van der Waals surface area contributed by atoms with Crippen LogP contribution in [0.2, 0.25) is 0 Å². The van der Waals surface area contributed by atoms with E-state index < -0.39 is 11.8 Å². The lowest BCUT2D eigenvalue weighted by Crippen LogP contribution is -2.17. The molecule has 1 rings (SSSR count). The SMILES string of the molecule is CCOC(=O)C(=O)c1ccc(OC)c(C(C)C)c1. The molecule has 0 fully saturated rings. The normalized spacial score (nSPS) is 10.3. The summed E-state index contributed by atoms with van der Waals surface area (Å²) in [5.41, 5.74) is 1.23. The largest absolute Gasteiger partial charge is 0.496 e. The third kappa shape index (κ3) is 3.09. The van der Waals surface area contributed by atoms with Gasteiger partial charge in [0, 0.05) is 5.56 Å². The van der Waals surface area contributed by atoms with E-state index in [1.54, 1.807) is 32.2 Å². The van der Waals surface area contributed by atoms with Gasteiger partial charge in [0.25, 0.3) is 5.78 Å². The number of carbonyl (C=O) groups excluding carboxylic acids is 2. The Kier molecular flexibility index (Phi) is 4.89. The van der Waals surface area contributed by atoms with Crippen LogP contribution in [0.1, 0.15) is 42.6 Å². The number of ketones is 1. The van der Waals surface area contributed by atoms with Crippen molar-refractivity contribution in [2.75, 3.05) is 13.7 Å². The molecule has 0 heterocycles. The lowest BCUT2D eigenvalue weighted by atomic mass is 9.98. The number of Topliss-reactive ketones (excluding diaryl/α,β-unsaturated/α-hetero) is 1. The zero-order chi connectivity index (χ0) is 13.7. The average Bonchev–Trinajstić information content (AvgIpc) is 2.37. The van der Waals surface area contributed by atoms with E-state index >= 15 is 0 Å². The summed E-state index contributed by atoms with van der Waals surface area (Å²) in [6, 6.07) is 4.95. The lowest BCUT2D eigenvalue weighted by Gasteiger charge is -2.12. The second kappa shape index (κ2) is 6.19. The van der Waals surface area contributed by atoms with Gasteiger partial charge in [-0.2, -0.15) is 0 Å². The van der Waals surface area contributed by atoms with Gasteiger partial charge in [-0.1, -0.05) is 13.8 Å². The molecule has 0 radical (unpaired) electrons. The number of benzene rings is 1. The Morgan fingerprint density at radius 1 is 1.28 bits per heavy atom. The quantitative estimate of drug-likeness (QED) is 0.458. The molecule has 18 heavy (non-hydrogen) atoms. The maximum atomic E-state index is 11.8. The molecular formula is C14H18O4. The summed E-state index contributed by atoms with van der Waals surface area (Å²) in [5, 5.41) is 0. The summed E-state index contributed by atoms with van der Waals surface area (Å²) in [6.07, 6.45) is 0. The average molecular weight is 250 g/mol. The summed E-state index contributed by atoms with van der Waals surface area (Å²) >= 11 is 0. The van der Waals surface area contributed by atoms with Gasteiger partial charge in [-0.05, 0) is 36.6 Å². The maximum absolute atomic E-state index is 11.8. The second-order valence-electron chi connectivity index (χ2n) is 4.16. The molecule has 4 heteroatoms. The van der Waals surface area contributed by atoms with Crippen molar-refractivity contribution < 1.29 is 19.1 Å². The first kappa shape index (κ1) is 14.2. The molecule has 0 saturated carbocycles. The highest BCUT2D eigenvalue weighted by Gasteiger charge is 2.19. The molecule has 0 unspecified atom stereocenters. The van der Waals surface area contributed by atoms with E-state index in [4.69, 9.17) is 9.47 Å². The molecule has 4 nitrogen and oxygen atoms in total. The highest BCUT2D eigenvalue weighted by atomic mass is 16.5. The number of hydrogen-bond donors (Lipinski definition) is 0. The Balaban J connectivity index is 3.08.